The zero-order chi connectivity index (χ0) is 25.1. The molecule has 176 valence electrons. The van der Waals surface area contributed by atoms with E-state index in [-0.39, 0.29) is 16.8 Å². The second-order valence-corrected chi connectivity index (χ2v) is 7.94. The zero-order valence-corrected chi connectivity index (χ0v) is 18.5. The van der Waals surface area contributed by atoms with Gasteiger partial charge in [0.1, 0.15) is 11.9 Å². The number of carbonyl (C=O) groups is 4. The van der Waals surface area contributed by atoms with Gasteiger partial charge in [0.15, 0.2) is 11.7 Å². The van der Waals surface area contributed by atoms with Crippen LogP contribution in [0.1, 0.15) is 27.6 Å². The molecule has 1 aliphatic heterocycles. The number of Topliss-reactive ketones (excluding diaryl/α,β-unsaturated/α-hetero) is 1. The van der Waals surface area contributed by atoms with Crippen LogP contribution in [0, 0.1) is 11.7 Å². The van der Waals surface area contributed by atoms with Gasteiger partial charge in [-0.2, -0.15) is 0 Å². The number of ketones is 1. The molecular weight excluding hydrogens is 453 g/mol. The highest BCUT2D eigenvalue weighted by molar-refractivity contribution is 6.22. The number of hydrogen-bond donors (Lipinski definition) is 3. The smallest absolute Gasteiger partial charge is 0.319 e. The summed E-state index contributed by atoms with van der Waals surface area (Å²) in [7, 11) is 0. The molecule has 1 aliphatic rings. The summed E-state index contributed by atoms with van der Waals surface area (Å²) >= 11 is 0. The van der Waals surface area contributed by atoms with E-state index < -0.39 is 41.3 Å². The van der Waals surface area contributed by atoms with Crippen molar-refractivity contribution in [3.63, 3.8) is 0 Å². The number of hydrogen-bond acceptors (Lipinski definition) is 5. The highest BCUT2D eigenvalue weighted by Crippen LogP contribution is 2.29. The van der Waals surface area contributed by atoms with Gasteiger partial charge in [-0.25, -0.2) is 4.39 Å². The Balaban J connectivity index is 1.42. The minimum absolute atomic E-state index is 0.0544. The maximum Gasteiger partial charge on any atom is 0.319 e. The number of anilines is 1. The number of carboxylic acids is 1. The lowest BCUT2D eigenvalue weighted by atomic mass is 9.94. The molecule has 1 heterocycles. The molecule has 1 unspecified atom stereocenters. The lowest BCUT2D eigenvalue weighted by molar-refractivity contribution is -0.137. The summed E-state index contributed by atoms with van der Waals surface area (Å²) in [5.74, 6) is -5.13. The van der Waals surface area contributed by atoms with Crippen molar-refractivity contribution in [1.82, 2.24) is 5.32 Å². The standard InChI is InChI=1S/C26H20FN3O5/c1-14(29-25(33)16-7-9-18(21(27)11-16)15-5-3-2-4-6-15)24(32)30-17-8-10-22-19(12-17)23(31)20(13-28-22)26(34)35/h2-14,20H,1H3,(H,29,33)(H,30,32)(H,34,35)/t14-,20?/m0/s1. The van der Waals surface area contributed by atoms with E-state index in [1.165, 1.54) is 37.3 Å². The second kappa shape index (κ2) is 9.68. The molecule has 0 bridgehead atoms. The number of rotatable bonds is 6. The molecule has 0 saturated heterocycles. The molecule has 0 saturated carbocycles. The second-order valence-electron chi connectivity index (χ2n) is 7.94. The average molecular weight is 473 g/mol. The van der Waals surface area contributed by atoms with Crippen LogP contribution < -0.4 is 10.6 Å². The molecule has 3 aromatic rings. The van der Waals surface area contributed by atoms with Crippen LogP contribution in [0.5, 0.6) is 0 Å². The van der Waals surface area contributed by atoms with Crippen molar-refractivity contribution in [2.75, 3.05) is 5.32 Å². The van der Waals surface area contributed by atoms with Gasteiger partial charge in [-0.1, -0.05) is 36.4 Å². The minimum Gasteiger partial charge on any atom is -0.480 e. The maximum absolute atomic E-state index is 14.6. The lowest BCUT2D eigenvalue weighted by Gasteiger charge is -2.17. The molecule has 0 aromatic heterocycles. The third kappa shape index (κ3) is 4.98. The molecule has 0 fully saturated rings. The Morgan fingerprint density at radius 2 is 1.74 bits per heavy atom. The van der Waals surface area contributed by atoms with Gasteiger partial charge in [-0.05, 0) is 42.8 Å². The SMILES string of the molecule is C[C@H](NC(=O)c1ccc(-c2ccccc2)c(F)c1)C(=O)Nc1ccc2c(c1)C(=O)C(C(=O)O)C=N2. The Labute approximate surface area is 199 Å². The molecule has 2 amide bonds. The molecule has 0 aliphatic carbocycles. The minimum atomic E-state index is -1.39. The Kier molecular flexibility index (Phi) is 6.50. The molecule has 4 rings (SSSR count). The van der Waals surface area contributed by atoms with E-state index in [2.05, 4.69) is 15.6 Å². The van der Waals surface area contributed by atoms with E-state index in [0.29, 0.717) is 16.8 Å². The molecule has 3 N–H and O–H groups in total. The van der Waals surface area contributed by atoms with Gasteiger partial charge in [0.25, 0.3) is 5.91 Å². The Hall–Kier alpha value is -4.66. The van der Waals surface area contributed by atoms with Gasteiger partial charge >= 0.3 is 5.97 Å². The molecule has 2 atom stereocenters. The molecule has 3 aromatic carbocycles. The van der Waals surface area contributed by atoms with Gasteiger partial charge in [0, 0.05) is 28.6 Å². The fraction of sp³-hybridized carbons (Fsp3) is 0.115. The topological polar surface area (TPSA) is 125 Å². The number of aliphatic carboxylic acids is 1. The summed E-state index contributed by atoms with van der Waals surface area (Å²) < 4.78 is 14.6. The quantitative estimate of drug-likeness (QED) is 0.469. The van der Waals surface area contributed by atoms with Crippen LogP contribution in [0.2, 0.25) is 0 Å². The van der Waals surface area contributed by atoms with E-state index >= 15 is 0 Å². The van der Waals surface area contributed by atoms with Crippen LogP contribution in [0.4, 0.5) is 15.8 Å². The molecular formula is C26H20FN3O5. The van der Waals surface area contributed by atoms with Crippen molar-refractivity contribution >= 4 is 41.2 Å². The van der Waals surface area contributed by atoms with Crippen LogP contribution in [0.25, 0.3) is 11.1 Å². The third-order valence-corrected chi connectivity index (χ3v) is 5.50. The van der Waals surface area contributed by atoms with E-state index in [0.717, 1.165) is 12.3 Å². The number of fused-ring (bicyclic) bond motifs is 1. The highest BCUT2D eigenvalue weighted by atomic mass is 19.1. The molecule has 0 radical (unpaired) electrons. The third-order valence-electron chi connectivity index (χ3n) is 5.50. The first-order chi connectivity index (χ1) is 16.7. The first-order valence-corrected chi connectivity index (χ1v) is 10.7. The summed E-state index contributed by atoms with van der Waals surface area (Å²) in [6.45, 7) is 1.45. The Morgan fingerprint density at radius 3 is 2.43 bits per heavy atom. The summed E-state index contributed by atoms with van der Waals surface area (Å²) in [5, 5.41) is 14.2. The van der Waals surface area contributed by atoms with Gasteiger partial charge in [-0.15, -0.1) is 0 Å². The summed E-state index contributed by atoms with van der Waals surface area (Å²) in [4.78, 5) is 52.8. The van der Waals surface area contributed by atoms with Gasteiger partial charge < -0.3 is 15.7 Å². The number of carbonyl (C=O) groups excluding carboxylic acids is 3. The monoisotopic (exact) mass is 473 g/mol. The summed E-state index contributed by atoms with van der Waals surface area (Å²) in [6.07, 6.45) is 1.07. The predicted octanol–water partition coefficient (Wildman–Crippen LogP) is 3.85. The maximum atomic E-state index is 14.6. The van der Waals surface area contributed by atoms with Crippen LogP contribution in [0.3, 0.4) is 0 Å². The average Bonchev–Trinajstić information content (AvgIpc) is 2.84. The molecule has 9 heteroatoms. The van der Waals surface area contributed by atoms with Gasteiger partial charge in [0.2, 0.25) is 5.91 Å². The first kappa shape index (κ1) is 23.5. The van der Waals surface area contributed by atoms with Crippen molar-refractivity contribution in [2.45, 2.75) is 13.0 Å². The number of carboxylic acid groups (broad SMARTS) is 1. The summed E-state index contributed by atoms with van der Waals surface area (Å²) in [6, 6.07) is 16.3. The largest absolute Gasteiger partial charge is 0.480 e. The lowest BCUT2D eigenvalue weighted by Crippen LogP contribution is -2.41. The number of halogens is 1. The number of aliphatic imine (C=N–C) groups is 1. The van der Waals surface area contributed by atoms with Crippen LogP contribution in [-0.2, 0) is 9.59 Å². The zero-order valence-electron chi connectivity index (χ0n) is 18.5. The fourth-order valence-electron chi connectivity index (χ4n) is 3.59. The van der Waals surface area contributed by atoms with E-state index in [9.17, 15) is 23.6 Å². The number of amides is 2. The number of benzene rings is 3. The van der Waals surface area contributed by atoms with Crippen molar-refractivity contribution in [1.29, 1.82) is 0 Å². The Morgan fingerprint density at radius 1 is 1.00 bits per heavy atom. The van der Waals surface area contributed by atoms with Crippen molar-refractivity contribution in [3.05, 3.63) is 83.7 Å². The Bertz CT molecular complexity index is 1370. The summed E-state index contributed by atoms with van der Waals surface area (Å²) in [5.41, 5.74) is 1.69. The normalized spacial score (nSPS) is 15.1. The van der Waals surface area contributed by atoms with E-state index in [4.69, 9.17) is 5.11 Å². The molecule has 0 spiro atoms. The van der Waals surface area contributed by atoms with E-state index in [1.54, 1.807) is 24.3 Å². The van der Waals surface area contributed by atoms with E-state index in [1.807, 2.05) is 6.07 Å². The molecule has 8 nitrogen and oxygen atoms in total. The van der Waals surface area contributed by atoms with Crippen molar-refractivity contribution < 1.29 is 28.7 Å². The highest BCUT2D eigenvalue weighted by Gasteiger charge is 2.31. The fourth-order valence-corrected chi connectivity index (χ4v) is 3.59. The van der Waals surface area contributed by atoms with Crippen LogP contribution >= 0.6 is 0 Å². The van der Waals surface area contributed by atoms with Crippen molar-refractivity contribution in [2.24, 2.45) is 10.9 Å². The van der Waals surface area contributed by atoms with Gasteiger partial charge in [-0.3, -0.25) is 24.2 Å². The number of nitrogens with zero attached hydrogens (tertiary/aromatic N) is 1. The van der Waals surface area contributed by atoms with Crippen LogP contribution in [-0.4, -0.2) is 40.9 Å². The van der Waals surface area contributed by atoms with Crippen LogP contribution in [0.15, 0.2) is 71.7 Å². The van der Waals surface area contributed by atoms with Crippen molar-refractivity contribution in [3.8, 4) is 11.1 Å². The van der Waals surface area contributed by atoms with Gasteiger partial charge in [0.05, 0.1) is 5.69 Å². The predicted molar refractivity (Wildman–Crippen MR) is 127 cm³/mol. The molecule has 35 heavy (non-hydrogen) atoms. The first-order valence-electron chi connectivity index (χ1n) is 10.7. The number of nitrogens with one attached hydrogen (secondary N) is 2.